The van der Waals surface area contributed by atoms with Crippen molar-refractivity contribution < 1.29 is 8.42 Å². The maximum absolute atomic E-state index is 13.0. The van der Waals surface area contributed by atoms with Gasteiger partial charge in [0.1, 0.15) is 0 Å². The molecule has 0 aliphatic rings. The van der Waals surface area contributed by atoms with Crippen molar-refractivity contribution in [2.24, 2.45) is 0 Å². The first-order chi connectivity index (χ1) is 12.5. The van der Waals surface area contributed by atoms with Gasteiger partial charge in [0.05, 0.1) is 11.4 Å². The third-order valence-corrected chi connectivity index (χ3v) is 5.81. The first-order valence-corrected chi connectivity index (χ1v) is 10.6. The fraction of sp³-hybridized carbons (Fsp3) is 0.364. The van der Waals surface area contributed by atoms with E-state index in [-0.39, 0.29) is 11.4 Å². The second-order valence-corrected chi connectivity index (χ2v) is 8.27. The summed E-state index contributed by atoms with van der Waals surface area (Å²) in [5.41, 5.74) is 1.95. The molecule has 26 heavy (non-hydrogen) atoms. The molecule has 0 N–H and O–H groups in total. The first kappa shape index (κ1) is 20.1. The molecule has 0 atom stereocenters. The van der Waals surface area contributed by atoms with E-state index in [1.807, 2.05) is 49.4 Å². The first-order valence-electron chi connectivity index (χ1n) is 9.16. The monoisotopic (exact) mass is 369 g/mol. The quantitative estimate of drug-likeness (QED) is 0.368. The van der Waals surface area contributed by atoms with E-state index in [2.05, 4.69) is 18.9 Å². The van der Waals surface area contributed by atoms with Crippen molar-refractivity contribution in [1.29, 1.82) is 0 Å². The molecule has 0 unspecified atom stereocenters. The zero-order chi connectivity index (χ0) is 18.8. The summed E-state index contributed by atoms with van der Waals surface area (Å²) in [5, 5.41) is 0. The zero-order valence-electron chi connectivity index (χ0n) is 15.6. The number of rotatable bonds is 8. The fourth-order valence-electron chi connectivity index (χ4n) is 2.56. The zero-order valence-corrected chi connectivity index (χ0v) is 16.4. The summed E-state index contributed by atoms with van der Waals surface area (Å²) < 4.78 is 27.3. The summed E-state index contributed by atoms with van der Waals surface area (Å²) in [5.74, 6) is 3.05. The number of benzene rings is 2. The summed E-state index contributed by atoms with van der Waals surface area (Å²) in [4.78, 5) is 0.277. The van der Waals surface area contributed by atoms with E-state index in [0.29, 0.717) is 6.42 Å². The lowest BCUT2D eigenvalue weighted by molar-refractivity contribution is 0.508. The van der Waals surface area contributed by atoms with Gasteiger partial charge in [-0.1, -0.05) is 80.1 Å². The normalized spacial score (nSPS) is 10.8. The lowest BCUT2D eigenvalue weighted by Gasteiger charge is -2.18. The van der Waals surface area contributed by atoms with Gasteiger partial charge in [0.2, 0.25) is 0 Å². The molecule has 4 heteroatoms. The molecule has 138 valence electrons. The van der Waals surface area contributed by atoms with Crippen LogP contribution >= 0.6 is 0 Å². The molecule has 0 radical (unpaired) electrons. The minimum Gasteiger partial charge on any atom is -0.220 e. The van der Waals surface area contributed by atoms with E-state index in [9.17, 15) is 8.42 Å². The highest BCUT2D eigenvalue weighted by Crippen LogP contribution is 2.18. The minimum absolute atomic E-state index is 0.249. The van der Waals surface area contributed by atoms with Crippen molar-refractivity contribution in [3.8, 4) is 12.0 Å². The average molecular weight is 370 g/mol. The molecular formula is C22H27NO2S. The number of unbranched alkanes of at least 4 members (excludes halogenated alkanes) is 4. The molecule has 0 heterocycles. The predicted octanol–water partition coefficient (Wildman–Crippen LogP) is 5.12. The summed E-state index contributed by atoms with van der Waals surface area (Å²) in [6.45, 7) is 4.36. The van der Waals surface area contributed by atoms with Crippen LogP contribution in [0.3, 0.4) is 0 Å². The van der Waals surface area contributed by atoms with E-state index in [4.69, 9.17) is 0 Å². The number of aryl methyl sites for hydroxylation is 1. The highest BCUT2D eigenvalue weighted by atomic mass is 32.2. The van der Waals surface area contributed by atoms with Gasteiger partial charge in [-0.25, -0.2) is 12.7 Å². The van der Waals surface area contributed by atoms with Crippen molar-refractivity contribution in [2.45, 2.75) is 57.4 Å². The van der Waals surface area contributed by atoms with Crippen LogP contribution in [0.1, 0.15) is 50.2 Å². The minimum atomic E-state index is -3.65. The van der Waals surface area contributed by atoms with Gasteiger partial charge in [-0.05, 0) is 31.0 Å². The van der Waals surface area contributed by atoms with Gasteiger partial charge in [-0.3, -0.25) is 0 Å². The van der Waals surface area contributed by atoms with Gasteiger partial charge in [0.25, 0.3) is 10.0 Å². The van der Waals surface area contributed by atoms with E-state index in [1.54, 1.807) is 12.1 Å². The van der Waals surface area contributed by atoms with Crippen LogP contribution in [0.4, 0.5) is 0 Å². The smallest absolute Gasteiger partial charge is 0.220 e. The van der Waals surface area contributed by atoms with E-state index < -0.39 is 10.0 Å². The Hall–Kier alpha value is -2.25. The Morgan fingerprint density at radius 1 is 0.923 bits per heavy atom. The Balaban J connectivity index is 2.21. The van der Waals surface area contributed by atoms with Gasteiger partial charge >= 0.3 is 0 Å². The van der Waals surface area contributed by atoms with Crippen LogP contribution in [-0.2, 0) is 16.6 Å². The lowest BCUT2D eigenvalue weighted by Crippen LogP contribution is -2.26. The van der Waals surface area contributed by atoms with Crippen LogP contribution in [0.5, 0.6) is 0 Å². The molecule has 3 nitrogen and oxygen atoms in total. The van der Waals surface area contributed by atoms with Crippen molar-refractivity contribution in [3.05, 3.63) is 65.7 Å². The van der Waals surface area contributed by atoms with Crippen LogP contribution in [0.25, 0.3) is 0 Å². The molecule has 0 saturated carbocycles. The summed E-state index contributed by atoms with van der Waals surface area (Å²) in [6.07, 6.45) is 5.22. The summed E-state index contributed by atoms with van der Waals surface area (Å²) in [6, 6.07) is 19.4. The molecule has 0 spiro atoms. The Kier molecular flexibility index (Phi) is 7.74. The standard InChI is InChI=1S/C22H27NO2S/c1-3-4-5-6-7-11-18-23(19-21-12-9-8-10-13-21)26(24,25)22-16-14-20(2)15-17-22/h8-10,12-17H,3-7,19H2,1-2H3. The molecule has 2 aromatic rings. The van der Waals surface area contributed by atoms with Crippen molar-refractivity contribution in [1.82, 2.24) is 4.31 Å². The topological polar surface area (TPSA) is 37.4 Å². The van der Waals surface area contributed by atoms with E-state index >= 15 is 0 Å². The molecule has 0 aromatic heterocycles. The molecular weight excluding hydrogens is 342 g/mol. The number of hydrogen-bond acceptors (Lipinski definition) is 2. The van der Waals surface area contributed by atoms with Crippen LogP contribution < -0.4 is 0 Å². The lowest BCUT2D eigenvalue weighted by atomic mass is 10.2. The second-order valence-electron chi connectivity index (χ2n) is 6.41. The van der Waals surface area contributed by atoms with Gasteiger partial charge in [-0.15, -0.1) is 0 Å². The maximum atomic E-state index is 13.0. The third kappa shape index (κ3) is 5.93. The SMILES string of the molecule is CCCCCCC#CN(Cc1ccccc1)S(=O)(=O)c1ccc(C)cc1. The average Bonchev–Trinajstić information content (AvgIpc) is 2.64. The summed E-state index contributed by atoms with van der Waals surface area (Å²) in [7, 11) is -3.65. The Morgan fingerprint density at radius 2 is 1.62 bits per heavy atom. The highest BCUT2D eigenvalue weighted by molar-refractivity contribution is 7.89. The van der Waals surface area contributed by atoms with Gasteiger partial charge in [0, 0.05) is 12.5 Å². The Labute approximate surface area is 158 Å². The van der Waals surface area contributed by atoms with Crippen molar-refractivity contribution >= 4 is 10.0 Å². The van der Waals surface area contributed by atoms with Gasteiger partial charge in [-0.2, -0.15) is 0 Å². The second kappa shape index (κ2) is 10.0. The van der Waals surface area contributed by atoms with Crippen molar-refractivity contribution in [2.75, 3.05) is 0 Å². The molecule has 0 saturated heterocycles. The molecule has 0 aliphatic carbocycles. The molecule has 0 bridgehead atoms. The highest BCUT2D eigenvalue weighted by Gasteiger charge is 2.22. The Bertz CT molecular complexity index is 831. The van der Waals surface area contributed by atoms with Crippen LogP contribution in [0.2, 0.25) is 0 Å². The number of nitrogens with zero attached hydrogens (tertiary/aromatic N) is 1. The van der Waals surface area contributed by atoms with Gasteiger partial charge < -0.3 is 0 Å². The van der Waals surface area contributed by atoms with Crippen molar-refractivity contribution in [3.63, 3.8) is 0 Å². The summed E-state index contributed by atoms with van der Waals surface area (Å²) >= 11 is 0. The number of sulfonamides is 1. The van der Waals surface area contributed by atoms with Crippen LogP contribution in [0, 0.1) is 18.9 Å². The van der Waals surface area contributed by atoms with Gasteiger partial charge in [0.15, 0.2) is 0 Å². The molecule has 2 rings (SSSR count). The molecule has 0 fully saturated rings. The predicted molar refractivity (Wildman–Crippen MR) is 107 cm³/mol. The molecule has 0 aliphatic heterocycles. The van der Waals surface area contributed by atoms with E-state index in [1.165, 1.54) is 17.1 Å². The third-order valence-electron chi connectivity index (χ3n) is 4.14. The Morgan fingerprint density at radius 3 is 2.27 bits per heavy atom. The maximum Gasteiger partial charge on any atom is 0.271 e. The van der Waals surface area contributed by atoms with Crippen LogP contribution in [-0.4, -0.2) is 12.7 Å². The fourth-order valence-corrected chi connectivity index (χ4v) is 3.79. The number of hydrogen-bond donors (Lipinski definition) is 0. The molecule has 2 aromatic carbocycles. The largest absolute Gasteiger partial charge is 0.271 e. The van der Waals surface area contributed by atoms with Crippen LogP contribution in [0.15, 0.2) is 59.5 Å². The van der Waals surface area contributed by atoms with E-state index in [0.717, 1.165) is 24.0 Å². The molecule has 0 amide bonds.